The first kappa shape index (κ1) is 17.0. The lowest BCUT2D eigenvalue weighted by atomic mass is 10.3. The van der Waals surface area contributed by atoms with E-state index in [1.54, 1.807) is 17.6 Å². The van der Waals surface area contributed by atoms with Crippen molar-refractivity contribution < 1.29 is 18.7 Å². The van der Waals surface area contributed by atoms with Gasteiger partial charge in [0.15, 0.2) is 4.96 Å². The van der Waals surface area contributed by atoms with E-state index in [0.717, 1.165) is 0 Å². The number of thiazole rings is 1. The van der Waals surface area contributed by atoms with Crippen LogP contribution in [0.25, 0.3) is 4.96 Å². The molecule has 7 nitrogen and oxygen atoms in total. The third-order valence-electron chi connectivity index (χ3n) is 3.69. The number of furan rings is 1. The van der Waals surface area contributed by atoms with E-state index < -0.39 is 5.97 Å². The van der Waals surface area contributed by atoms with Crippen molar-refractivity contribution in [2.75, 3.05) is 0 Å². The fraction of sp³-hybridized carbons (Fsp3) is 0.105. The van der Waals surface area contributed by atoms with Crippen molar-refractivity contribution in [3.05, 3.63) is 87.7 Å². The highest BCUT2D eigenvalue weighted by Crippen LogP contribution is 2.15. The van der Waals surface area contributed by atoms with Crippen LogP contribution < -0.4 is 10.3 Å². The molecule has 4 aromatic rings. The van der Waals surface area contributed by atoms with Gasteiger partial charge in [-0.25, -0.2) is 9.78 Å². The summed E-state index contributed by atoms with van der Waals surface area (Å²) < 4.78 is 17.6. The fourth-order valence-electron chi connectivity index (χ4n) is 2.41. The number of rotatable bonds is 6. The van der Waals surface area contributed by atoms with E-state index in [0.29, 0.717) is 22.2 Å². The summed E-state index contributed by atoms with van der Waals surface area (Å²) in [6.45, 7) is 0.0870. The quantitative estimate of drug-likeness (QED) is 0.476. The second-order valence-corrected chi connectivity index (χ2v) is 6.46. The summed E-state index contributed by atoms with van der Waals surface area (Å²) in [4.78, 5) is 28.9. The van der Waals surface area contributed by atoms with Crippen molar-refractivity contribution in [3.8, 4) is 5.75 Å². The van der Waals surface area contributed by atoms with Crippen LogP contribution in [0.5, 0.6) is 5.75 Å². The number of nitrogens with zero attached hydrogens (tertiary/aromatic N) is 2. The predicted octanol–water partition coefficient (Wildman–Crippen LogP) is 3.29. The van der Waals surface area contributed by atoms with Crippen molar-refractivity contribution in [2.45, 2.75) is 13.2 Å². The summed E-state index contributed by atoms with van der Waals surface area (Å²) >= 11 is 1.33. The van der Waals surface area contributed by atoms with Crippen LogP contribution in [0.2, 0.25) is 0 Å². The third kappa shape index (κ3) is 3.90. The molecule has 1 aromatic carbocycles. The second kappa shape index (κ2) is 7.46. The van der Waals surface area contributed by atoms with Crippen LogP contribution in [0.15, 0.2) is 69.3 Å². The maximum Gasteiger partial charge on any atom is 0.374 e. The highest BCUT2D eigenvalue weighted by Gasteiger charge is 2.14. The average Bonchev–Trinajstić information content (AvgIpc) is 3.35. The minimum absolute atomic E-state index is 0.0654. The molecule has 0 unspecified atom stereocenters. The smallest absolute Gasteiger partial charge is 0.374 e. The molecule has 8 heteroatoms. The van der Waals surface area contributed by atoms with Gasteiger partial charge in [-0.3, -0.25) is 9.20 Å². The summed E-state index contributed by atoms with van der Waals surface area (Å²) in [6.07, 6.45) is 1.65. The molecule has 0 spiro atoms. The monoisotopic (exact) mass is 382 g/mol. The number of aromatic nitrogens is 2. The number of hydrogen-bond acceptors (Lipinski definition) is 7. The van der Waals surface area contributed by atoms with Crippen LogP contribution in [0, 0.1) is 0 Å². The largest absolute Gasteiger partial charge is 0.486 e. The number of esters is 1. The van der Waals surface area contributed by atoms with Crippen LogP contribution in [-0.2, 0) is 18.0 Å². The number of hydrogen-bond donors (Lipinski definition) is 0. The van der Waals surface area contributed by atoms with Gasteiger partial charge in [-0.15, -0.1) is 11.3 Å². The number of ether oxygens (including phenoxy) is 2. The summed E-state index contributed by atoms with van der Waals surface area (Å²) in [6, 6.07) is 13.8. The lowest BCUT2D eigenvalue weighted by Gasteiger charge is -2.04. The van der Waals surface area contributed by atoms with Crippen molar-refractivity contribution in [1.29, 1.82) is 0 Å². The first-order valence-corrected chi connectivity index (χ1v) is 8.96. The molecule has 0 atom stereocenters. The molecule has 0 fully saturated rings. The molecule has 3 aromatic heterocycles. The predicted molar refractivity (Wildman–Crippen MR) is 97.9 cm³/mol. The van der Waals surface area contributed by atoms with Gasteiger partial charge >= 0.3 is 5.97 Å². The van der Waals surface area contributed by atoms with E-state index >= 15 is 0 Å². The molecule has 0 aliphatic rings. The first-order valence-electron chi connectivity index (χ1n) is 8.08. The van der Waals surface area contributed by atoms with E-state index in [1.807, 2.05) is 30.3 Å². The number of benzene rings is 1. The Labute approximate surface area is 157 Å². The van der Waals surface area contributed by atoms with Crippen LogP contribution in [0.4, 0.5) is 0 Å². The molecule has 0 bridgehead atoms. The zero-order valence-corrected chi connectivity index (χ0v) is 14.8. The Morgan fingerprint density at radius 1 is 1.15 bits per heavy atom. The van der Waals surface area contributed by atoms with Gasteiger partial charge in [0.2, 0.25) is 5.76 Å². The van der Waals surface area contributed by atoms with E-state index in [1.165, 1.54) is 27.9 Å². The molecule has 4 rings (SSSR count). The van der Waals surface area contributed by atoms with Crippen molar-refractivity contribution >= 4 is 22.3 Å². The highest BCUT2D eigenvalue weighted by molar-refractivity contribution is 7.15. The Morgan fingerprint density at radius 3 is 2.85 bits per heavy atom. The molecule has 27 heavy (non-hydrogen) atoms. The van der Waals surface area contributed by atoms with Crippen molar-refractivity contribution in [2.24, 2.45) is 0 Å². The fourth-order valence-corrected chi connectivity index (χ4v) is 3.15. The highest BCUT2D eigenvalue weighted by atomic mass is 32.1. The Kier molecular flexibility index (Phi) is 4.71. The SMILES string of the molecule is O=C(OCc1cc(=O)n2ccsc2n1)c1ccc(COc2ccccc2)o1. The molecule has 3 heterocycles. The molecule has 0 amide bonds. The summed E-state index contributed by atoms with van der Waals surface area (Å²) in [5.74, 6) is 0.645. The summed E-state index contributed by atoms with van der Waals surface area (Å²) in [5, 5.41) is 1.77. The Balaban J connectivity index is 1.36. The van der Waals surface area contributed by atoms with Crippen LogP contribution in [0.3, 0.4) is 0 Å². The Morgan fingerprint density at radius 2 is 2.00 bits per heavy atom. The van der Waals surface area contributed by atoms with Gasteiger partial charge < -0.3 is 13.9 Å². The molecule has 0 N–H and O–H groups in total. The van der Waals surface area contributed by atoms with Crippen LogP contribution >= 0.6 is 11.3 Å². The summed E-state index contributed by atoms with van der Waals surface area (Å²) in [5.41, 5.74) is 0.167. The first-order chi connectivity index (χ1) is 13.2. The molecule has 136 valence electrons. The molecular weight excluding hydrogens is 368 g/mol. The van der Waals surface area contributed by atoms with Crippen molar-refractivity contribution in [1.82, 2.24) is 9.38 Å². The van der Waals surface area contributed by atoms with Crippen LogP contribution in [-0.4, -0.2) is 15.4 Å². The normalized spacial score (nSPS) is 10.8. The van der Waals surface area contributed by atoms with E-state index in [2.05, 4.69) is 4.98 Å². The van der Waals surface area contributed by atoms with Gasteiger partial charge in [-0.05, 0) is 24.3 Å². The van der Waals surface area contributed by atoms with Gasteiger partial charge in [0.05, 0.1) is 5.69 Å². The zero-order valence-electron chi connectivity index (χ0n) is 14.0. The standard InChI is InChI=1S/C19H14N2O5S/c22-17-10-13(20-19-21(17)8-9-27-19)11-25-18(23)16-7-6-15(26-16)12-24-14-4-2-1-3-5-14/h1-10H,11-12H2. The third-order valence-corrected chi connectivity index (χ3v) is 4.45. The Hall–Kier alpha value is -3.39. The molecule has 0 saturated heterocycles. The van der Waals surface area contributed by atoms with Gasteiger partial charge in [0.25, 0.3) is 5.56 Å². The number of fused-ring (bicyclic) bond motifs is 1. The lowest BCUT2D eigenvalue weighted by Crippen LogP contribution is -2.14. The Bertz CT molecular complexity index is 1130. The molecule has 0 aliphatic heterocycles. The van der Waals surface area contributed by atoms with Gasteiger partial charge in [-0.2, -0.15) is 0 Å². The van der Waals surface area contributed by atoms with Crippen molar-refractivity contribution in [3.63, 3.8) is 0 Å². The van der Waals surface area contributed by atoms with E-state index in [9.17, 15) is 9.59 Å². The average molecular weight is 382 g/mol. The minimum Gasteiger partial charge on any atom is -0.486 e. The lowest BCUT2D eigenvalue weighted by molar-refractivity contribution is 0.0427. The topological polar surface area (TPSA) is 83.0 Å². The summed E-state index contributed by atoms with van der Waals surface area (Å²) in [7, 11) is 0. The number of para-hydroxylation sites is 1. The van der Waals surface area contributed by atoms with E-state index in [-0.39, 0.29) is 24.5 Å². The molecule has 0 aliphatic carbocycles. The van der Waals surface area contributed by atoms with Gasteiger partial charge in [-0.1, -0.05) is 18.2 Å². The number of carbonyl (C=O) groups is 1. The maximum absolute atomic E-state index is 12.1. The zero-order chi connectivity index (χ0) is 18.6. The molecule has 0 saturated carbocycles. The molecule has 0 radical (unpaired) electrons. The second-order valence-electron chi connectivity index (χ2n) is 5.59. The minimum atomic E-state index is -0.630. The van der Waals surface area contributed by atoms with Gasteiger partial charge in [0.1, 0.15) is 24.7 Å². The van der Waals surface area contributed by atoms with Gasteiger partial charge in [0, 0.05) is 17.6 Å². The maximum atomic E-state index is 12.1. The molecular formula is C19H14N2O5S. The van der Waals surface area contributed by atoms with E-state index in [4.69, 9.17) is 13.9 Å². The van der Waals surface area contributed by atoms with Crippen LogP contribution in [0.1, 0.15) is 22.0 Å². The number of carbonyl (C=O) groups excluding carboxylic acids is 1.